The average Bonchev–Trinajstić information content (AvgIpc) is 1.31. The van der Waals surface area contributed by atoms with E-state index < -0.39 is 0 Å². The van der Waals surface area contributed by atoms with E-state index in [1.807, 2.05) is 0 Å². The summed E-state index contributed by atoms with van der Waals surface area (Å²) in [5.74, 6) is 0. The summed E-state index contributed by atoms with van der Waals surface area (Å²) in [6, 6.07) is 0. The Morgan fingerprint density at radius 1 is 1.00 bits per heavy atom. The molecule has 0 aliphatic rings. The molecule has 0 aromatic carbocycles. The van der Waals surface area contributed by atoms with E-state index in [-0.39, 0.29) is 30.3 Å². The van der Waals surface area contributed by atoms with Crippen molar-refractivity contribution in [2.24, 2.45) is 0 Å². The second-order valence-corrected chi connectivity index (χ2v) is 6.20. The van der Waals surface area contributed by atoms with Crippen LogP contribution >= 0.6 is 7.92 Å². The Morgan fingerprint density at radius 2 is 1.12 bits per heavy atom. The second kappa shape index (κ2) is 4.06. The molecule has 55 valence electrons. The molecule has 0 aliphatic heterocycles. The van der Waals surface area contributed by atoms with Crippen molar-refractivity contribution < 1.29 is 22.4 Å². The molecule has 0 nitrogen and oxygen atoms in total. The normalized spacial score (nSPS) is 11.2. The van der Waals surface area contributed by atoms with Crippen LogP contribution in [0.5, 0.6) is 0 Å². The minimum absolute atomic E-state index is 0. The van der Waals surface area contributed by atoms with Crippen LogP contribution in [0.2, 0.25) is 0 Å². The third kappa shape index (κ3) is 5.31. The summed E-state index contributed by atoms with van der Waals surface area (Å²) in [6.07, 6.45) is 0. The Bertz CT molecular complexity index is 54.0. The first-order valence-electron chi connectivity index (χ1n) is 2.62. The van der Waals surface area contributed by atoms with Gasteiger partial charge in [-0.3, -0.25) is 0 Å². The maximum atomic E-state index is 2.31. The topological polar surface area (TPSA) is 0 Å². The molecule has 1 radical (unpaired) electrons. The van der Waals surface area contributed by atoms with E-state index in [2.05, 4.69) is 34.1 Å². The number of hydrogen-bond acceptors (Lipinski definition) is 0. The molecule has 0 aromatic rings. The third-order valence-electron chi connectivity index (χ3n) is 1.34. The van der Waals surface area contributed by atoms with Gasteiger partial charge in [0.05, 0.1) is 0 Å². The third-order valence-corrected chi connectivity index (χ3v) is 4.02. The average molecular weight is 315 g/mol. The Morgan fingerprint density at radius 3 is 1.12 bits per heavy atom. The molecule has 0 unspecified atom stereocenters. The molecular formula is C6H15AuP. The van der Waals surface area contributed by atoms with E-state index in [1.54, 1.807) is 0 Å². The molecule has 2 heteroatoms. The SMILES string of the molecule is CP(C)C(C)(C)C.[Au]. The molecule has 0 heterocycles. The van der Waals surface area contributed by atoms with Crippen molar-refractivity contribution >= 4 is 7.92 Å². The molecule has 0 amide bonds. The Kier molecular flexibility index (Phi) is 6.04. The maximum Gasteiger partial charge on any atom is 0 e. The van der Waals surface area contributed by atoms with Crippen molar-refractivity contribution in [3.63, 3.8) is 0 Å². The summed E-state index contributed by atoms with van der Waals surface area (Å²) < 4.78 is 0. The molecule has 0 spiro atoms. The molecule has 0 saturated heterocycles. The summed E-state index contributed by atoms with van der Waals surface area (Å²) in [5, 5.41) is 0.565. The van der Waals surface area contributed by atoms with Gasteiger partial charge < -0.3 is 0 Å². The molecule has 0 aromatic heterocycles. The van der Waals surface area contributed by atoms with Crippen molar-refractivity contribution in [3.05, 3.63) is 0 Å². The van der Waals surface area contributed by atoms with Crippen molar-refractivity contribution in [3.8, 4) is 0 Å². The van der Waals surface area contributed by atoms with Crippen LogP contribution in [0.1, 0.15) is 20.8 Å². The predicted molar refractivity (Wildman–Crippen MR) is 38.5 cm³/mol. The smallest absolute Gasteiger partial charge is 0 e. The van der Waals surface area contributed by atoms with Crippen LogP contribution in [-0.4, -0.2) is 18.5 Å². The van der Waals surface area contributed by atoms with Crippen LogP contribution in [0.3, 0.4) is 0 Å². The van der Waals surface area contributed by atoms with Crippen molar-refractivity contribution in [1.82, 2.24) is 0 Å². The molecule has 0 rings (SSSR count). The van der Waals surface area contributed by atoms with Crippen molar-refractivity contribution in [1.29, 1.82) is 0 Å². The Labute approximate surface area is 69.7 Å². The van der Waals surface area contributed by atoms with Crippen LogP contribution in [0.15, 0.2) is 0 Å². The fraction of sp³-hybridized carbons (Fsp3) is 1.00. The summed E-state index contributed by atoms with van der Waals surface area (Å²) in [7, 11) is 0.258. The van der Waals surface area contributed by atoms with Gasteiger partial charge >= 0.3 is 0 Å². The van der Waals surface area contributed by atoms with Crippen molar-refractivity contribution in [2.75, 3.05) is 13.3 Å². The van der Waals surface area contributed by atoms with Gasteiger partial charge in [0.15, 0.2) is 0 Å². The van der Waals surface area contributed by atoms with Crippen molar-refractivity contribution in [2.45, 2.75) is 25.9 Å². The van der Waals surface area contributed by atoms with Crippen LogP contribution in [0.4, 0.5) is 0 Å². The van der Waals surface area contributed by atoms with E-state index in [0.29, 0.717) is 5.16 Å². The summed E-state index contributed by atoms with van der Waals surface area (Å²) in [6.45, 7) is 11.5. The zero-order valence-corrected chi connectivity index (χ0v) is 9.31. The van der Waals surface area contributed by atoms with E-state index >= 15 is 0 Å². The Hall–Kier alpha value is 1.17. The minimum Gasteiger partial charge on any atom is -0.108 e. The van der Waals surface area contributed by atoms with E-state index in [9.17, 15) is 0 Å². The first kappa shape index (κ1) is 11.9. The molecular weight excluding hydrogens is 300 g/mol. The zero-order valence-electron chi connectivity index (χ0n) is 6.25. The fourth-order valence-electron chi connectivity index (χ4n) is 0. The summed E-state index contributed by atoms with van der Waals surface area (Å²) in [5.41, 5.74) is 0. The van der Waals surface area contributed by atoms with Gasteiger partial charge in [-0.2, -0.15) is 0 Å². The fourth-order valence-corrected chi connectivity index (χ4v) is 0. The quantitative estimate of drug-likeness (QED) is 0.476. The molecule has 0 fully saturated rings. The van der Waals surface area contributed by atoms with Crippen LogP contribution in [0, 0.1) is 0 Å². The summed E-state index contributed by atoms with van der Waals surface area (Å²) in [4.78, 5) is 0. The van der Waals surface area contributed by atoms with Crippen LogP contribution < -0.4 is 0 Å². The standard InChI is InChI=1S/C6H15P.Au/c1-6(2,3)7(4)5;/h1-5H3;. The monoisotopic (exact) mass is 315 g/mol. The maximum absolute atomic E-state index is 2.31. The largest absolute Gasteiger partial charge is 0.108 e. The van der Waals surface area contributed by atoms with Gasteiger partial charge in [0.2, 0.25) is 0 Å². The van der Waals surface area contributed by atoms with Gasteiger partial charge in [-0.1, -0.05) is 20.8 Å². The van der Waals surface area contributed by atoms with Gasteiger partial charge in [0, 0.05) is 22.4 Å². The number of rotatable bonds is 0. The molecule has 0 saturated carbocycles. The molecule has 0 bridgehead atoms. The summed E-state index contributed by atoms with van der Waals surface area (Å²) >= 11 is 0. The molecule has 0 atom stereocenters. The minimum atomic E-state index is 0. The van der Waals surface area contributed by atoms with Gasteiger partial charge in [-0.05, 0) is 18.5 Å². The molecule has 8 heavy (non-hydrogen) atoms. The second-order valence-electron chi connectivity index (χ2n) is 3.07. The molecule has 0 N–H and O–H groups in total. The van der Waals surface area contributed by atoms with Gasteiger partial charge in [0.25, 0.3) is 0 Å². The van der Waals surface area contributed by atoms with E-state index in [4.69, 9.17) is 0 Å². The van der Waals surface area contributed by atoms with Gasteiger partial charge in [-0.15, -0.1) is 7.92 Å². The van der Waals surface area contributed by atoms with Gasteiger partial charge in [-0.25, -0.2) is 0 Å². The Balaban J connectivity index is 0. The first-order valence-corrected chi connectivity index (χ1v) is 4.85. The molecule has 0 aliphatic carbocycles. The van der Waals surface area contributed by atoms with E-state index in [0.717, 1.165) is 0 Å². The first-order chi connectivity index (χ1) is 2.94. The number of hydrogen-bond donors (Lipinski definition) is 0. The van der Waals surface area contributed by atoms with Crippen LogP contribution in [0.25, 0.3) is 0 Å². The van der Waals surface area contributed by atoms with Crippen LogP contribution in [-0.2, 0) is 22.4 Å². The van der Waals surface area contributed by atoms with E-state index in [1.165, 1.54) is 0 Å². The zero-order chi connectivity index (χ0) is 6.08. The van der Waals surface area contributed by atoms with Gasteiger partial charge in [0.1, 0.15) is 0 Å². The predicted octanol–water partition coefficient (Wildman–Crippen LogP) is 2.52.